The molecule has 0 saturated heterocycles. The van der Waals surface area contributed by atoms with Gasteiger partial charge in [-0.3, -0.25) is 0 Å². The van der Waals surface area contributed by atoms with Crippen LogP contribution in [0.15, 0.2) is 23.8 Å². The fourth-order valence-electron chi connectivity index (χ4n) is 1.46. The molecule has 0 fully saturated rings. The molecular weight excluding hydrogens is 164 g/mol. The summed E-state index contributed by atoms with van der Waals surface area (Å²) in [5, 5.41) is 0. The molecule has 0 radical (unpaired) electrons. The number of hydrogen-bond donors (Lipinski definition) is 0. The maximum atomic E-state index is 6.02. The first-order valence-corrected chi connectivity index (χ1v) is 7.54. The fourth-order valence-corrected chi connectivity index (χ4v) is 3.40. The summed E-state index contributed by atoms with van der Waals surface area (Å²) in [6, 6.07) is 1.14. The molecule has 0 bridgehead atoms. The van der Waals surface area contributed by atoms with E-state index in [9.17, 15) is 0 Å². The molecule has 0 aromatic carbocycles. The van der Waals surface area contributed by atoms with Gasteiger partial charge in [0.2, 0.25) is 0 Å². The van der Waals surface area contributed by atoms with Crippen molar-refractivity contribution < 1.29 is 4.43 Å². The predicted molar refractivity (Wildman–Crippen MR) is 55.7 cm³/mol. The van der Waals surface area contributed by atoms with Crippen molar-refractivity contribution in [3.8, 4) is 0 Å². The Balaban J connectivity index is 2.82. The van der Waals surface area contributed by atoms with E-state index < -0.39 is 8.32 Å². The second-order valence-corrected chi connectivity index (χ2v) is 8.42. The average Bonchev–Trinajstić information content (AvgIpc) is 1.94. The Morgan fingerprint density at radius 2 is 2.25 bits per heavy atom. The van der Waals surface area contributed by atoms with Gasteiger partial charge in [-0.25, -0.2) is 0 Å². The summed E-state index contributed by atoms with van der Waals surface area (Å²) in [6.45, 7) is 12.6. The molecule has 12 heavy (non-hydrogen) atoms. The van der Waals surface area contributed by atoms with E-state index in [4.69, 9.17) is 4.43 Å². The molecule has 0 aliphatic carbocycles. The Labute approximate surface area is 76.3 Å². The zero-order chi connectivity index (χ0) is 9.35. The summed E-state index contributed by atoms with van der Waals surface area (Å²) < 4.78 is 6.02. The number of allylic oxidation sites excluding steroid dienone is 1. The van der Waals surface area contributed by atoms with Crippen molar-refractivity contribution in [2.75, 3.05) is 0 Å². The van der Waals surface area contributed by atoms with Crippen molar-refractivity contribution in [1.82, 2.24) is 0 Å². The van der Waals surface area contributed by atoms with Crippen LogP contribution in [-0.2, 0) is 4.43 Å². The van der Waals surface area contributed by atoms with Gasteiger partial charge in [0.15, 0.2) is 8.32 Å². The second-order valence-electron chi connectivity index (χ2n) is 4.26. The highest BCUT2D eigenvalue weighted by Crippen LogP contribution is 2.28. The van der Waals surface area contributed by atoms with Gasteiger partial charge >= 0.3 is 0 Å². The highest BCUT2D eigenvalue weighted by atomic mass is 28.4. The zero-order valence-electron chi connectivity index (χ0n) is 8.48. The topological polar surface area (TPSA) is 9.23 Å². The molecule has 1 aliphatic rings. The van der Waals surface area contributed by atoms with Gasteiger partial charge in [-0.05, 0) is 44.1 Å². The average molecular weight is 182 g/mol. The van der Waals surface area contributed by atoms with Crippen LogP contribution < -0.4 is 0 Å². The Morgan fingerprint density at radius 3 is 2.67 bits per heavy atom. The monoisotopic (exact) mass is 182 g/mol. The van der Waals surface area contributed by atoms with Crippen LogP contribution in [-0.4, -0.2) is 14.4 Å². The Morgan fingerprint density at radius 1 is 1.67 bits per heavy atom. The van der Waals surface area contributed by atoms with Gasteiger partial charge in [0.05, 0.1) is 6.10 Å². The van der Waals surface area contributed by atoms with Crippen molar-refractivity contribution in [2.24, 2.45) is 0 Å². The van der Waals surface area contributed by atoms with E-state index in [-0.39, 0.29) is 6.10 Å². The molecule has 1 unspecified atom stereocenters. The van der Waals surface area contributed by atoms with E-state index >= 15 is 0 Å². The van der Waals surface area contributed by atoms with Crippen LogP contribution in [0.5, 0.6) is 0 Å². The lowest BCUT2D eigenvalue weighted by atomic mass is 10.1. The van der Waals surface area contributed by atoms with Gasteiger partial charge in [-0.1, -0.05) is 12.7 Å². The van der Waals surface area contributed by atoms with E-state index in [0.717, 1.165) is 11.6 Å². The Kier molecular flexibility index (Phi) is 2.59. The lowest BCUT2D eigenvalue weighted by molar-refractivity contribution is 0.256. The summed E-state index contributed by atoms with van der Waals surface area (Å²) in [6.07, 6.45) is 2.51. The quantitative estimate of drug-likeness (QED) is 0.447. The highest BCUT2D eigenvalue weighted by molar-refractivity contribution is 6.71. The molecule has 1 atom stereocenters. The first kappa shape index (κ1) is 9.74. The van der Waals surface area contributed by atoms with E-state index in [0.29, 0.717) is 0 Å². The first-order chi connectivity index (χ1) is 5.42. The molecule has 1 heterocycles. The normalized spacial score (nSPS) is 28.0. The molecule has 1 rings (SSSR count). The van der Waals surface area contributed by atoms with Gasteiger partial charge in [0, 0.05) is 0 Å². The van der Waals surface area contributed by atoms with Crippen molar-refractivity contribution >= 4 is 8.32 Å². The molecule has 0 amide bonds. The van der Waals surface area contributed by atoms with Crippen LogP contribution in [0.3, 0.4) is 0 Å². The zero-order valence-corrected chi connectivity index (χ0v) is 9.48. The second kappa shape index (κ2) is 3.19. The van der Waals surface area contributed by atoms with Gasteiger partial charge in [-0.15, -0.1) is 0 Å². The molecular formula is C10H18OSi. The summed E-state index contributed by atoms with van der Waals surface area (Å²) in [5.41, 5.74) is 2.46. The third-order valence-electron chi connectivity index (χ3n) is 2.21. The van der Waals surface area contributed by atoms with Crippen molar-refractivity contribution in [3.05, 3.63) is 23.8 Å². The van der Waals surface area contributed by atoms with Crippen LogP contribution in [0, 0.1) is 0 Å². The third-order valence-corrected chi connectivity index (χ3v) is 4.27. The molecule has 68 valence electrons. The van der Waals surface area contributed by atoms with Gasteiger partial charge in [0.1, 0.15) is 0 Å². The maximum absolute atomic E-state index is 6.02. The summed E-state index contributed by atoms with van der Waals surface area (Å²) >= 11 is 0. The molecule has 2 heteroatoms. The lowest BCUT2D eigenvalue weighted by Crippen LogP contribution is -2.39. The lowest BCUT2D eigenvalue weighted by Gasteiger charge is -2.34. The number of rotatable bonds is 1. The minimum absolute atomic E-state index is 0.195. The number of hydrogen-bond acceptors (Lipinski definition) is 1. The smallest absolute Gasteiger partial charge is 0.191 e. The van der Waals surface area contributed by atoms with Gasteiger partial charge < -0.3 is 4.43 Å². The molecule has 0 spiro atoms. The molecule has 0 aromatic heterocycles. The largest absolute Gasteiger partial charge is 0.407 e. The van der Waals surface area contributed by atoms with Crippen LogP contribution >= 0.6 is 0 Å². The van der Waals surface area contributed by atoms with E-state index in [2.05, 4.69) is 32.7 Å². The van der Waals surface area contributed by atoms with Crippen molar-refractivity contribution in [2.45, 2.75) is 39.1 Å². The summed E-state index contributed by atoms with van der Waals surface area (Å²) in [4.78, 5) is 0. The first-order valence-electron chi connectivity index (χ1n) is 4.42. The minimum Gasteiger partial charge on any atom is -0.407 e. The molecule has 1 nitrogen and oxygen atoms in total. The molecule has 1 aliphatic heterocycles. The molecule has 0 saturated carbocycles. The van der Waals surface area contributed by atoms with Gasteiger partial charge in [0.25, 0.3) is 0 Å². The standard InChI is InChI=1S/C10H18OSi/c1-8(2)10-9(3)6-7-12(4,5)11-10/h6,10H,1,7H2,2-5H3. The van der Waals surface area contributed by atoms with Crippen LogP contribution in [0.1, 0.15) is 13.8 Å². The third kappa shape index (κ3) is 2.08. The van der Waals surface area contributed by atoms with E-state index in [1.54, 1.807) is 0 Å². The van der Waals surface area contributed by atoms with E-state index in [1.807, 2.05) is 6.92 Å². The maximum Gasteiger partial charge on any atom is 0.191 e. The molecule has 0 aromatic rings. The van der Waals surface area contributed by atoms with Crippen LogP contribution in [0.25, 0.3) is 0 Å². The summed E-state index contributed by atoms with van der Waals surface area (Å²) in [7, 11) is -1.40. The van der Waals surface area contributed by atoms with Crippen LogP contribution in [0.2, 0.25) is 19.1 Å². The van der Waals surface area contributed by atoms with Gasteiger partial charge in [-0.2, -0.15) is 0 Å². The van der Waals surface area contributed by atoms with Crippen molar-refractivity contribution in [3.63, 3.8) is 0 Å². The highest BCUT2D eigenvalue weighted by Gasteiger charge is 2.30. The van der Waals surface area contributed by atoms with Crippen molar-refractivity contribution in [1.29, 1.82) is 0 Å². The Bertz CT molecular complexity index is 228. The minimum atomic E-state index is -1.40. The van der Waals surface area contributed by atoms with E-state index in [1.165, 1.54) is 5.57 Å². The van der Waals surface area contributed by atoms with Crippen LogP contribution in [0.4, 0.5) is 0 Å². The Hall–Kier alpha value is -0.343. The SMILES string of the molecule is C=C(C)C1O[Si](C)(C)CC=C1C. The summed E-state index contributed by atoms with van der Waals surface area (Å²) in [5.74, 6) is 0. The fraction of sp³-hybridized carbons (Fsp3) is 0.600. The molecule has 0 N–H and O–H groups in total. The predicted octanol–water partition coefficient (Wildman–Crippen LogP) is 3.11.